The molecule has 0 N–H and O–H groups in total. The van der Waals surface area contributed by atoms with E-state index in [1.54, 1.807) is 0 Å². The van der Waals surface area contributed by atoms with Crippen molar-refractivity contribution in [3.8, 4) is 0 Å². The summed E-state index contributed by atoms with van der Waals surface area (Å²) < 4.78 is 17.2. The standard InChI is InChI=1S/C21H38O3/c1-4-22-19-12-9-17(10-13-19)21(2,3)16-6-5-7-18(11-8-16)23-14-20-15-24-20/h16-20H,4-15H2,1-3H3. The van der Waals surface area contributed by atoms with Crippen LogP contribution in [-0.2, 0) is 14.2 Å². The molecule has 24 heavy (non-hydrogen) atoms. The Morgan fingerprint density at radius 2 is 1.42 bits per heavy atom. The Hall–Kier alpha value is -0.120. The maximum absolute atomic E-state index is 6.09. The van der Waals surface area contributed by atoms with E-state index in [0.717, 1.165) is 31.7 Å². The summed E-state index contributed by atoms with van der Waals surface area (Å²) in [7, 11) is 0. The fourth-order valence-corrected chi connectivity index (χ4v) is 5.13. The number of rotatable bonds is 7. The molecule has 0 aromatic heterocycles. The summed E-state index contributed by atoms with van der Waals surface area (Å²) in [5, 5.41) is 0. The molecule has 3 unspecified atom stereocenters. The number of ether oxygens (including phenoxy) is 3. The van der Waals surface area contributed by atoms with Crippen molar-refractivity contribution in [2.45, 2.75) is 96.9 Å². The molecule has 1 aliphatic heterocycles. The number of hydrogen-bond donors (Lipinski definition) is 0. The molecule has 3 nitrogen and oxygen atoms in total. The Balaban J connectivity index is 1.47. The zero-order valence-electron chi connectivity index (χ0n) is 16.1. The average Bonchev–Trinajstić information content (AvgIpc) is 3.40. The molecule has 140 valence electrons. The predicted molar refractivity (Wildman–Crippen MR) is 97.2 cm³/mol. The van der Waals surface area contributed by atoms with Crippen molar-refractivity contribution in [3.63, 3.8) is 0 Å². The minimum Gasteiger partial charge on any atom is -0.379 e. The summed E-state index contributed by atoms with van der Waals surface area (Å²) in [6.07, 6.45) is 13.2. The zero-order valence-corrected chi connectivity index (χ0v) is 16.1. The molecular weight excluding hydrogens is 300 g/mol. The third kappa shape index (κ3) is 4.95. The molecular formula is C21H38O3. The Kier molecular flexibility index (Phi) is 6.62. The first-order valence-corrected chi connectivity index (χ1v) is 10.4. The summed E-state index contributed by atoms with van der Waals surface area (Å²) in [5.74, 6) is 1.73. The molecule has 2 saturated carbocycles. The van der Waals surface area contributed by atoms with Gasteiger partial charge in [0.1, 0.15) is 6.10 Å². The molecule has 0 amide bonds. The van der Waals surface area contributed by atoms with Gasteiger partial charge in [-0.25, -0.2) is 0 Å². The van der Waals surface area contributed by atoms with Gasteiger partial charge in [-0.15, -0.1) is 0 Å². The van der Waals surface area contributed by atoms with Gasteiger partial charge in [0, 0.05) is 6.61 Å². The van der Waals surface area contributed by atoms with Crippen molar-refractivity contribution in [1.82, 2.24) is 0 Å². The largest absolute Gasteiger partial charge is 0.379 e. The molecule has 3 aliphatic rings. The van der Waals surface area contributed by atoms with E-state index in [0.29, 0.717) is 23.7 Å². The fraction of sp³-hybridized carbons (Fsp3) is 1.00. The molecule has 0 bridgehead atoms. The van der Waals surface area contributed by atoms with Gasteiger partial charge in [-0.05, 0) is 75.5 Å². The van der Waals surface area contributed by atoms with Crippen molar-refractivity contribution < 1.29 is 14.2 Å². The van der Waals surface area contributed by atoms with Crippen LogP contribution in [0.5, 0.6) is 0 Å². The van der Waals surface area contributed by atoms with Gasteiger partial charge in [0.2, 0.25) is 0 Å². The van der Waals surface area contributed by atoms with Crippen LogP contribution in [0.25, 0.3) is 0 Å². The van der Waals surface area contributed by atoms with Gasteiger partial charge in [0.05, 0.1) is 25.4 Å². The lowest BCUT2D eigenvalue weighted by Crippen LogP contribution is -2.36. The highest BCUT2D eigenvalue weighted by molar-refractivity contribution is 4.90. The minimum absolute atomic E-state index is 0.404. The van der Waals surface area contributed by atoms with Crippen LogP contribution in [0, 0.1) is 17.3 Å². The van der Waals surface area contributed by atoms with E-state index in [1.807, 2.05) is 0 Å². The first-order valence-electron chi connectivity index (χ1n) is 10.4. The summed E-state index contributed by atoms with van der Waals surface area (Å²) in [4.78, 5) is 0. The van der Waals surface area contributed by atoms with E-state index in [4.69, 9.17) is 14.2 Å². The Morgan fingerprint density at radius 1 is 0.833 bits per heavy atom. The van der Waals surface area contributed by atoms with Crippen LogP contribution in [0.4, 0.5) is 0 Å². The van der Waals surface area contributed by atoms with Crippen molar-refractivity contribution in [3.05, 3.63) is 0 Å². The van der Waals surface area contributed by atoms with Gasteiger partial charge in [-0.3, -0.25) is 0 Å². The highest BCUT2D eigenvalue weighted by atomic mass is 16.6. The summed E-state index contributed by atoms with van der Waals surface area (Å²) in [5.41, 5.74) is 0.464. The number of hydrogen-bond acceptors (Lipinski definition) is 3. The fourth-order valence-electron chi connectivity index (χ4n) is 5.13. The predicted octanol–water partition coefficient (Wildman–Crippen LogP) is 4.97. The van der Waals surface area contributed by atoms with Crippen LogP contribution >= 0.6 is 0 Å². The van der Waals surface area contributed by atoms with Crippen molar-refractivity contribution in [1.29, 1.82) is 0 Å². The third-order valence-electron chi connectivity index (χ3n) is 7.02. The highest BCUT2D eigenvalue weighted by Gasteiger charge is 2.40. The molecule has 0 spiro atoms. The monoisotopic (exact) mass is 338 g/mol. The molecule has 3 fully saturated rings. The summed E-state index contributed by atoms with van der Waals surface area (Å²) in [6.45, 7) is 9.81. The molecule has 1 heterocycles. The zero-order chi connectivity index (χ0) is 17.0. The van der Waals surface area contributed by atoms with Crippen LogP contribution in [0.1, 0.15) is 78.6 Å². The average molecular weight is 339 g/mol. The van der Waals surface area contributed by atoms with Crippen LogP contribution in [0.15, 0.2) is 0 Å². The quantitative estimate of drug-likeness (QED) is 0.485. The van der Waals surface area contributed by atoms with E-state index in [1.165, 1.54) is 57.8 Å². The first-order chi connectivity index (χ1) is 11.6. The lowest BCUT2D eigenvalue weighted by molar-refractivity contribution is -0.00985. The third-order valence-corrected chi connectivity index (χ3v) is 7.02. The van der Waals surface area contributed by atoms with Gasteiger partial charge in [0.25, 0.3) is 0 Å². The Labute approximate surface area is 148 Å². The van der Waals surface area contributed by atoms with Gasteiger partial charge >= 0.3 is 0 Å². The van der Waals surface area contributed by atoms with Crippen molar-refractivity contribution >= 4 is 0 Å². The normalized spacial score (nSPS) is 37.9. The van der Waals surface area contributed by atoms with Crippen LogP contribution in [-0.4, -0.2) is 38.1 Å². The van der Waals surface area contributed by atoms with Crippen molar-refractivity contribution in [2.75, 3.05) is 19.8 Å². The van der Waals surface area contributed by atoms with Crippen LogP contribution < -0.4 is 0 Å². The van der Waals surface area contributed by atoms with Gasteiger partial charge in [0.15, 0.2) is 0 Å². The topological polar surface area (TPSA) is 31.0 Å². The maximum Gasteiger partial charge on any atom is 0.104 e. The van der Waals surface area contributed by atoms with Gasteiger partial charge in [-0.2, -0.15) is 0 Å². The minimum atomic E-state index is 0.404. The molecule has 3 atom stereocenters. The molecule has 0 radical (unpaired) electrons. The van der Waals surface area contributed by atoms with E-state index >= 15 is 0 Å². The summed E-state index contributed by atoms with van der Waals surface area (Å²) >= 11 is 0. The second kappa shape index (κ2) is 8.51. The Bertz CT molecular complexity index is 369. The van der Waals surface area contributed by atoms with E-state index < -0.39 is 0 Å². The van der Waals surface area contributed by atoms with E-state index in [9.17, 15) is 0 Å². The van der Waals surface area contributed by atoms with E-state index in [-0.39, 0.29) is 0 Å². The maximum atomic E-state index is 6.09. The second-order valence-corrected chi connectivity index (χ2v) is 8.87. The first kappa shape index (κ1) is 18.7. The molecule has 1 saturated heterocycles. The van der Waals surface area contributed by atoms with Gasteiger partial charge in [-0.1, -0.05) is 20.3 Å². The second-order valence-electron chi connectivity index (χ2n) is 8.87. The molecule has 3 heteroatoms. The van der Waals surface area contributed by atoms with Crippen LogP contribution in [0.3, 0.4) is 0 Å². The van der Waals surface area contributed by atoms with Crippen molar-refractivity contribution in [2.24, 2.45) is 17.3 Å². The SMILES string of the molecule is CCOC1CCC(C(C)(C)C2CCCC(OCC3CO3)CC2)CC1. The highest BCUT2D eigenvalue weighted by Crippen LogP contribution is 2.48. The number of epoxide rings is 1. The van der Waals surface area contributed by atoms with Gasteiger partial charge < -0.3 is 14.2 Å². The van der Waals surface area contributed by atoms with E-state index in [2.05, 4.69) is 20.8 Å². The molecule has 0 aromatic carbocycles. The lowest BCUT2D eigenvalue weighted by atomic mass is 9.62. The Morgan fingerprint density at radius 3 is 2.00 bits per heavy atom. The summed E-state index contributed by atoms with van der Waals surface area (Å²) in [6, 6.07) is 0. The molecule has 0 aromatic rings. The lowest BCUT2D eigenvalue weighted by Gasteiger charge is -2.44. The smallest absolute Gasteiger partial charge is 0.104 e. The molecule has 2 aliphatic carbocycles. The van der Waals surface area contributed by atoms with Crippen LogP contribution in [0.2, 0.25) is 0 Å². The molecule has 3 rings (SSSR count).